The Morgan fingerprint density at radius 2 is 1.75 bits per heavy atom. The summed E-state index contributed by atoms with van der Waals surface area (Å²) in [5.41, 5.74) is -0.409. The highest BCUT2D eigenvalue weighted by atomic mass is 16.5. The average Bonchev–Trinajstić information content (AvgIpc) is 2.57. The minimum Gasteiger partial charge on any atom is -0.493 e. The quantitative estimate of drug-likeness (QED) is 0.658. The summed E-state index contributed by atoms with van der Waals surface area (Å²) in [4.78, 5) is 11.9. The van der Waals surface area contributed by atoms with E-state index in [1.807, 2.05) is 0 Å². The van der Waals surface area contributed by atoms with Gasteiger partial charge in [-0.3, -0.25) is 4.79 Å². The van der Waals surface area contributed by atoms with Crippen LogP contribution in [0.15, 0.2) is 18.2 Å². The van der Waals surface area contributed by atoms with Crippen LogP contribution in [0.3, 0.4) is 0 Å². The lowest BCUT2D eigenvalue weighted by atomic mass is 10.1. The lowest BCUT2D eigenvalue weighted by Crippen LogP contribution is -2.43. The minimum atomic E-state index is -1.12. The number of hydrogen-bond acceptors (Lipinski definition) is 6. The maximum atomic E-state index is 11.9. The van der Waals surface area contributed by atoms with E-state index in [9.17, 15) is 9.90 Å². The third-order valence-electron chi connectivity index (χ3n) is 3.21. The van der Waals surface area contributed by atoms with Gasteiger partial charge in [0.05, 0.1) is 27.9 Å². The Hall–Kier alpha value is -2.25. The first-order valence-corrected chi connectivity index (χ1v) is 7.34. The number of hydrogen-bond donors (Lipinski definition) is 2. The summed E-state index contributed by atoms with van der Waals surface area (Å²) in [6.45, 7) is 1.79. The van der Waals surface area contributed by atoms with Gasteiger partial charge in [-0.05, 0) is 30.7 Å². The number of aliphatic hydroxyl groups is 1. The molecule has 7 nitrogen and oxygen atoms in total. The maximum Gasteiger partial charge on any atom is 0.244 e. The zero-order chi connectivity index (χ0) is 18.2. The molecule has 1 rings (SSSR count). The van der Waals surface area contributed by atoms with Gasteiger partial charge in [-0.1, -0.05) is 0 Å². The van der Waals surface area contributed by atoms with Crippen LogP contribution < -0.4 is 19.5 Å². The molecule has 0 aromatic heterocycles. The van der Waals surface area contributed by atoms with Crippen LogP contribution in [0.2, 0.25) is 0 Å². The molecule has 1 amide bonds. The van der Waals surface area contributed by atoms with Gasteiger partial charge in [-0.25, -0.2) is 0 Å². The molecule has 0 fully saturated rings. The molecule has 0 spiro atoms. The monoisotopic (exact) mass is 339 g/mol. The van der Waals surface area contributed by atoms with Gasteiger partial charge < -0.3 is 29.4 Å². The first-order chi connectivity index (χ1) is 11.4. The summed E-state index contributed by atoms with van der Waals surface area (Å²) >= 11 is 0. The highest BCUT2D eigenvalue weighted by Gasteiger charge is 2.20. The van der Waals surface area contributed by atoms with Crippen LogP contribution in [0.1, 0.15) is 12.5 Å². The second-order valence-corrected chi connectivity index (χ2v) is 5.44. The third kappa shape index (κ3) is 5.75. The van der Waals surface area contributed by atoms with Crippen molar-refractivity contribution in [1.29, 1.82) is 0 Å². The van der Waals surface area contributed by atoms with E-state index >= 15 is 0 Å². The van der Waals surface area contributed by atoms with E-state index in [2.05, 4.69) is 5.32 Å². The second-order valence-electron chi connectivity index (χ2n) is 5.44. The Morgan fingerprint density at radius 1 is 1.17 bits per heavy atom. The second kappa shape index (κ2) is 9.14. The zero-order valence-electron chi connectivity index (χ0n) is 14.7. The summed E-state index contributed by atoms with van der Waals surface area (Å²) < 4.78 is 20.6. The number of benzene rings is 1. The van der Waals surface area contributed by atoms with Crippen molar-refractivity contribution in [1.82, 2.24) is 5.32 Å². The lowest BCUT2D eigenvalue weighted by Gasteiger charge is -2.21. The first kappa shape index (κ1) is 19.8. The van der Waals surface area contributed by atoms with Crippen molar-refractivity contribution in [3.05, 3.63) is 23.8 Å². The van der Waals surface area contributed by atoms with E-state index < -0.39 is 5.60 Å². The van der Waals surface area contributed by atoms with Crippen molar-refractivity contribution in [2.45, 2.75) is 12.5 Å². The maximum absolute atomic E-state index is 11.9. The zero-order valence-corrected chi connectivity index (χ0v) is 14.7. The molecular weight excluding hydrogens is 314 g/mol. The van der Waals surface area contributed by atoms with Gasteiger partial charge in [0.15, 0.2) is 11.5 Å². The Labute approximate surface area is 142 Å². The highest BCUT2D eigenvalue weighted by Crippen LogP contribution is 2.38. The molecule has 0 bridgehead atoms. The van der Waals surface area contributed by atoms with E-state index in [4.69, 9.17) is 18.9 Å². The summed E-state index contributed by atoms with van der Waals surface area (Å²) in [6.07, 6.45) is 2.98. The van der Waals surface area contributed by atoms with Crippen LogP contribution in [0.25, 0.3) is 6.08 Å². The molecule has 1 aromatic rings. The Morgan fingerprint density at radius 3 is 2.21 bits per heavy atom. The van der Waals surface area contributed by atoms with Crippen LogP contribution in [0, 0.1) is 0 Å². The van der Waals surface area contributed by atoms with Gasteiger partial charge in [-0.2, -0.15) is 0 Å². The smallest absolute Gasteiger partial charge is 0.244 e. The number of ether oxygens (including phenoxy) is 4. The molecule has 134 valence electrons. The predicted octanol–water partition coefficient (Wildman–Crippen LogP) is 1.24. The molecule has 1 atom stereocenters. The molecule has 7 heteroatoms. The first-order valence-electron chi connectivity index (χ1n) is 7.34. The topological polar surface area (TPSA) is 86.3 Å². The van der Waals surface area contributed by atoms with Crippen molar-refractivity contribution < 1.29 is 28.8 Å². The van der Waals surface area contributed by atoms with Crippen LogP contribution in [0.5, 0.6) is 17.2 Å². The molecule has 0 aliphatic heterocycles. The van der Waals surface area contributed by atoms with E-state index in [0.717, 1.165) is 0 Å². The normalized spacial score (nSPS) is 13.4. The Bertz CT molecular complexity index is 557. The van der Waals surface area contributed by atoms with Crippen molar-refractivity contribution in [2.24, 2.45) is 0 Å². The van der Waals surface area contributed by atoms with E-state index in [-0.39, 0.29) is 19.1 Å². The van der Waals surface area contributed by atoms with Crippen molar-refractivity contribution in [2.75, 3.05) is 41.6 Å². The predicted molar refractivity (Wildman–Crippen MR) is 90.6 cm³/mol. The largest absolute Gasteiger partial charge is 0.493 e. The van der Waals surface area contributed by atoms with Crippen molar-refractivity contribution in [3.8, 4) is 17.2 Å². The van der Waals surface area contributed by atoms with Crippen LogP contribution in [-0.2, 0) is 9.53 Å². The van der Waals surface area contributed by atoms with E-state index in [1.54, 1.807) is 25.1 Å². The lowest BCUT2D eigenvalue weighted by molar-refractivity contribution is -0.118. The standard InChI is InChI=1S/C17H25NO6/c1-17(20,11-21-2)10-18-15(19)7-6-12-8-13(22-3)16(24-5)14(9-12)23-4/h6-9,20H,10-11H2,1-5H3,(H,18,19)/b7-6+. The molecule has 0 heterocycles. The number of nitrogens with one attached hydrogen (secondary N) is 1. The fourth-order valence-electron chi connectivity index (χ4n) is 2.07. The van der Waals surface area contributed by atoms with Crippen LogP contribution >= 0.6 is 0 Å². The number of carbonyl (C=O) groups excluding carboxylic acids is 1. The fourth-order valence-corrected chi connectivity index (χ4v) is 2.07. The third-order valence-corrected chi connectivity index (χ3v) is 3.21. The van der Waals surface area contributed by atoms with Gasteiger partial charge in [0.2, 0.25) is 11.7 Å². The summed E-state index contributed by atoms with van der Waals surface area (Å²) in [6, 6.07) is 3.46. The summed E-state index contributed by atoms with van der Waals surface area (Å²) in [7, 11) is 6.06. The van der Waals surface area contributed by atoms with Crippen molar-refractivity contribution >= 4 is 12.0 Å². The van der Waals surface area contributed by atoms with Gasteiger partial charge in [0, 0.05) is 19.7 Å². The van der Waals surface area contributed by atoms with Gasteiger partial charge >= 0.3 is 0 Å². The van der Waals surface area contributed by atoms with Crippen LogP contribution in [-0.4, -0.2) is 58.2 Å². The molecule has 0 saturated heterocycles. The number of rotatable bonds is 9. The van der Waals surface area contributed by atoms with E-state index in [1.165, 1.54) is 34.5 Å². The average molecular weight is 339 g/mol. The number of carbonyl (C=O) groups is 1. The van der Waals surface area contributed by atoms with Gasteiger partial charge in [-0.15, -0.1) is 0 Å². The number of methoxy groups -OCH3 is 4. The summed E-state index contributed by atoms with van der Waals surface area (Å²) in [5, 5.41) is 12.5. The molecule has 0 radical (unpaired) electrons. The highest BCUT2D eigenvalue weighted by molar-refractivity contribution is 5.92. The molecule has 0 aliphatic carbocycles. The molecule has 2 N–H and O–H groups in total. The molecule has 0 saturated carbocycles. The number of amides is 1. The summed E-state index contributed by atoms with van der Waals surface area (Å²) in [5.74, 6) is 1.15. The molecular formula is C17H25NO6. The molecule has 24 heavy (non-hydrogen) atoms. The van der Waals surface area contributed by atoms with Crippen molar-refractivity contribution in [3.63, 3.8) is 0 Å². The molecule has 1 aromatic carbocycles. The SMILES string of the molecule is COCC(C)(O)CNC(=O)/C=C/c1cc(OC)c(OC)c(OC)c1. The fraction of sp³-hybridized carbons (Fsp3) is 0.471. The van der Waals surface area contributed by atoms with Gasteiger partial charge in [0.1, 0.15) is 5.60 Å². The van der Waals surface area contributed by atoms with Crippen LogP contribution in [0.4, 0.5) is 0 Å². The molecule has 1 unspecified atom stereocenters. The Kier molecular flexibility index (Phi) is 7.54. The molecule has 0 aliphatic rings. The van der Waals surface area contributed by atoms with E-state index in [0.29, 0.717) is 22.8 Å². The Balaban J connectivity index is 2.81. The van der Waals surface area contributed by atoms with Gasteiger partial charge in [0.25, 0.3) is 0 Å². The minimum absolute atomic E-state index is 0.0826.